The molecule has 0 spiro atoms. The molecule has 1 amide bonds. The van der Waals surface area contributed by atoms with Crippen LogP contribution >= 0.6 is 11.3 Å². The molecule has 1 unspecified atom stereocenters. The van der Waals surface area contributed by atoms with Crippen molar-refractivity contribution in [3.8, 4) is 0 Å². The average Bonchev–Trinajstić information content (AvgIpc) is 3.33. The molecule has 1 aliphatic heterocycles. The standard InChI is InChI=1S/C23H26N2O3S2/c1-16(2)24-23(26)22-21(19-10-6-7-11-20(19)29-22)18-12-13-25(14-18)30(27,28)15-17-8-4-3-5-9-17/h3-11,16,18H,12-15H2,1-2H3,(H,24,26). The van der Waals surface area contributed by atoms with Crippen molar-refractivity contribution in [1.82, 2.24) is 9.62 Å². The fourth-order valence-corrected chi connectivity index (χ4v) is 6.84. The lowest BCUT2D eigenvalue weighted by atomic mass is 9.95. The van der Waals surface area contributed by atoms with Crippen molar-refractivity contribution >= 4 is 37.4 Å². The van der Waals surface area contributed by atoms with Crippen LogP contribution in [-0.2, 0) is 15.8 Å². The Hall–Kier alpha value is -2.22. The molecule has 0 aliphatic carbocycles. The summed E-state index contributed by atoms with van der Waals surface area (Å²) >= 11 is 1.49. The van der Waals surface area contributed by atoms with Crippen LogP contribution in [-0.4, -0.2) is 37.8 Å². The summed E-state index contributed by atoms with van der Waals surface area (Å²) in [5.74, 6) is -0.0579. The first kappa shape index (κ1) is 21.0. The van der Waals surface area contributed by atoms with E-state index in [0.29, 0.717) is 18.0 Å². The van der Waals surface area contributed by atoms with E-state index in [-0.39, 0.29) is 23.6 Å². The van der Waals surface area contributed by atoms with Crippen LogP contribution in [0.2, 0.25) is 0 Å². The number of fused-ring (bicyclic) bond motifs is 1. The van der Waals surface area contributed by atoms with Crippen LogP contribution in [0.5, 0.6) is 0 Å². The Morgan fingerprint density at radius 2 is 1.83 bits per heavy atom. The summed E-state index contributed by atoms with van der Waals surface area (Å²) in [5.41, 5.74) is 1.78. The van der Waals surface area contributed by atoms with Crippen LogP contribution in [0.3, 0.4) is 0 Å². The molecular formula is C23H26N2O3S2. The third-order valence-electron chi connectivity index (χ3n) is 5.40. The van der Waals surface area contributed by atoms with Gasteiger partial charge in [-0.15, -0.1) is 11.3 Å². The first-order valence-corrected chi connectivity index (χ1v) is 12.6. The van der Waals surface area contributed by atoms with Gasteiger partial charge >= 0.3 is 0 Å². The maximum Gasteiger partial charge on any atom is 0.261 e. The van der Waals surface area contributed by atoms with Crippen LogP contribution in [0, 0.1) is 0 Å². The molecule has 1 saturated heterocycles. The fraction of sp³-hybridized carbons (Fsp3) is 0.348. The number of benzene rings is 2. The number of hydrogen-bond donors (Lipinski definition) is 1. The van der Waals surface area contributed by atoms with Gasteiger partial charge in [0.25, 0.3) is 5.91 Å². The van der Waals surface area contributed by atoms with Gasteiger partial charge in [-0.2, -0.15) is 0 Å². The summed E-state index contributed by atoms with van der Waals surface area (Å²) in [6, 6.07) is 17.3. The number of amides is 1. The number of carbonyl (C=O) groups excluding carboxylic acids is 1. The van der Waals surface area contributed by atoms with Gasteiger partial charge in [0.15, 0.2) is 0 Å². The van der Waals surface area contributed by atoms with E-state index in [1.54, 1.807) is 4.31 Å². The molecule has 1 N–H and O–H groups in total. The minimum absolute atomic E-state index is 0.00559. The molecule has 1 fully saturated rings. The Bertz CT molecular complexity index is 1150. The summed E-state index contributed by atoms with van der Waals surface area (Å²) in [4.78, 5) is 13.6. The SMILES string of the molecule is CC(C)NC(=O)c1sc2ccccc2c1C1CCN(S(=O)(=O)Cc2ccccc2)C1. The zero-order chi connectivity index (χ0) is 21.3. The van der Waals surface area contributed by atoms with Crippen molar-refractivity contribution in [3.63, 3.8) is 0 Å². The molecule has 7 heteroatoms. The molecular weight excluding hydrogens is 416 g/mol. The van der Waals surface area contributed by atoms with Gasteiger partial charge in [0.05, 0.1) is 10.6 Å². The summed E-state index contributed by atoms with van der Waals surface area (Å²) in [7, 11) is -3.41. The lowest BCUT2D eigenvalue weighted by molar-refractivity contribution is 0.0946. The smallest absolute Gasteiger partial charge is 0.261 e. The first-order valence-electron chi connectivity index (χ1n) is 10.2. The van der Waals surface area contributed by atoms with Gasteiger partial charge in [-0.3, -0.25) is 4.79 Å². The number of hydrogen-bond acceptors (Lipinski definition) is 4. The Labute approximate surface area is 181 Å². The van der Waals surface area contributed by atoms with E-state index in [0.717, 1.165) is 27.6 Å². The maximum absolute atomic E-state index is 13.0. The van der Waals surface area contributed by atoms with Crippen molar-refractivity contribution in [2.75, 3.05) is 13.1 Å². The van der Waals surface area contributed by atoms with Crippen molar-refractivity contribution in [3.05, 3.63) is 70.6 Å². The molecule has 1 atom stereocenters. The molecule has 2 aromatic carbocycles. The lowest BCUT2D eigenvalue weighted by Gasteiger charge is -2.17. The first-order chi connectivity index (χ1) is 14.3. The quantitative estimate of drug-likeness (QED) is 0.617. The molecule has 2 heterocycles. The second-order valence-corrected chi connectivity index (χ2v) is 11.1. The van der Waals surface area contributed by atoms with Gasteiger partial charge in [0, 0.05) is 29.7 Å². The third-order valence-corrected chi connectivity index (χ3v) is 8.41. The third kappa shape index (κ3) is 4.29. The normalized spacial score (nSPS) is 17.6. The topological polar surface area (TPSA) is 66.5 Å². The van der Waals surface area contributed by atoms with Crippen molar-refractivity contribution in [1.29, 1.82) is 0 Å². The van der Waals surface area contributed by atoms with Crippen molar-refractivity contribution in [2.24, 2.45) is 0 Å². The molecule has 4 rings (SSSR count). The largest absolute Gasteiger partial charge is 0.349 e. The zero-order valence-corrected chi connectivity index (χ0v) is 18.8. The highest BCUT2D eigenvalue weighted by atomic mass is 32.2. The van der Waals surface area contributed by atoms with E-state index in [1.807, 2.05) is 68.4 Å². The molecule has 1 aromatic heterocycles. The van der Waals surface area contributed by atoms with Crippen LogP contribution in [0.1, 0.15) is 47.0 Å². The summed E-state index contributed by atoms with van der Waals surface area (Å²) in [6.07, 6.45) is 0.719. The summed E-state index contributed by atoms with van der Waals surface area (Å²) in [5, 5.41) is 4.06. The summed E-state index contributed by atoms with van der Waals surface area (Å²) < 4.78 is 28.6. The second-order valence-electron chi connectivity index (χ2n) is 8.05. The van der Waals surface area contributed by atoms with Gasteiger partial charge in [0.1, 0.15) is 0 Å². The Balaban J connectivity index is 1.63. The monoisotopic (exact) mass is 442 g/mol. The zero-order valence-electron chi connectivity index (χ0n) is 17.2. The average molecular weight is 443 g/mol. The molecule has 30 heavy (non-hydrogen) atoms. The van der Waals surface area contributed by atoms with Crippen molar-refractivity contribution in [2.45, 2.75) is 38.0 Å². The Morgan fingerprint density at radius 3 is 2.57 bits per heavy atom. The minimum Gasteiger partial charge on any atom is -0.349 e. The summed E-state index contributed by atoms with van der Waals surface area (Å²) in [6.45, 7) is 4.78. The lowest BCUT2D eigenvalue weighted by Crippen LogP contribution is -2.31. The number of nitrogens with one attached hydrogen (secondary N) is 1. The molecule has 1 aliphatic rings. The van der Waals surface area contributed by atoms with E-state index in [9.17, 15) is 13.2 Å². The van der Waals surface area contributed by atoms with Crippen LogP contribution in [0.25, 0.3) is 10.1 Å². The Kier molecular flexibility index (Phi) is 5.95. The van der Waals surface area contributed by atoms with E-state index >= 15 is 0 Å². The number of rotatable bonds is 6. The fourth-order valence-electron chi connectivity index (χ4n) is 4.06. The molecule has 3 aromatic rings. The van der Waals surface area contributed by atoms with E-state index < -0.39 is 10.0 Å². The molecule has 5 nitrogen and oxygen atoms in total. The van der Waals surface area contributed by atoms with Crippen LogP contribution < -0.4 is 5.32 Å². The van der Waals surface area contributed by atoms with Crippen LogP contribution in [0.4, 0.5) is 0 Å². The number of sulfonamides is 1. The predicted octanol–water partition coefficient (Wildman–Crippen LogP) is 4.36. The molecule has 158 valence electrons. The number of carbonyl (C=O) groups is 1. The predicted molar refractivity (Wildman–Crippen MR) is 122 cm³/mol. The highest BCUT2D eigenvalue weighted by molar-refractivity contribution is 7.88. The molecule has 0 bridgehead atoms. The van der Waals surface area contributed by atoms with E-state index in [1.165, 1.54) is 11.3 Å². The molecule has 0 radical (unpaired) electrons. The van der Waals surface area contributed by atoms with Gasteiger partial charge < -0.3 is 5.32 Å². The number of nitrogens with zero attached hydrogens (tertiary/aromatic N) is 1. The second kappa shape index (κ2) is 8.49. The minimum atomic E-state index is -3.41. The Morgan fingerprint density at radius 1 is 1.13 bits per heavy atom. The van der Waals surface area contributed by atoms with E-state index in [2.05, 4.69) is 5.32 Å². The van der Waals surface area contributed by atoms with Crippen LogP contribution in [0.15, 0.2) is 54.6 Å². The molecule has 0 saturated carbocycles. The highest BCUT2D eigenvalue weighted by Gasteiger charge is 2.35. The van der Waals surface area contributed by atoms with Gasteiger partial charge in [-0.25, -0.2) is 12.7 Å². The van der Waals surface area contributed by atoms with Crippen molar-refractivity contribution < 1.29 is 13.2 Å². The number of thiophene rings is 1. The van der Waals surface area contributed by atoms with E-state index in [4.69, 9.17) is 0 Å². The maximum atomic E-state index is 13.0. The van der Waals surface area contributed by atoms with Gasteiger partial charge in [-0.05, 0) is 42.8 Å². The highest BCUT2D eigenvalue weighted by Crippen LogP contribution is 2.40. The van der Waals surface area contributed by atoms with Gasteiger partial charge in [0.2, 0.25) is 10.0 Å². The van der Waals surface area contributed by atoms with Gasteiger partial charge in [-0.1, -0.05) is 48.5 Å².